The van der Waals surface area contributed by atoms with Crippen LogP contribution in [0.1, 0.15) is 24.1 Å². The van der Waals surface area contributed by atoms with Gasteiger partial charge in [0.25, 0.3) is 0 Å². The van der Waals surface area contributed by atoms with Crippen molar-refractivity contribution in [2.24, 2.45) is 0 Å². The lowest BCUT2D eigenvalue weighted by molar-refractivity contribution is 0.458. The van der Waals surface area contributed by atoms with Gasteiger partial charge in [0.15, 0.2) is 0 Å². The predicted molar refractivity (Wildman–Crippen MR) is 73.1 cm³/mol. The van der Waals surface area contributed by atoms with Crippen molar-refractivity contribution < 1.29 is 4.74 Å². The van der Waals surface area contributed by atoms with Crippen molar-refractivity contribution in [1.29, 1.82) is 0 Å². The van der Waals surface area contributed by atoms with E-state index in [4.69, 9.17) is 4.74 Å². The second kappa shape index (κ2) is 5.36. The summed E-state index contributed by atoms with van der Waals surface area (Å²) in [6.07, 6.45) is 6.00. The van der Waals surface area contributed by atoms with Crippen LogP contribution in [0.25, 0.3) is 0 Å². The monoisotopic (exact) mass is 255 g/mol. The third-order valence-corrected chi connectivity index (χ3v) is 3.02. The maximum Gasteiger partial charge on any atom is 0.219 e. The average molecular weight is 255 g/mol. The summed E-state index contributed by atoms with van der Waals surface area (Å²) >= 11 is 0. The maximum absolute atomic E-state index is 5.72. The molecule has 0 bridgehead atoms. The smallest absolute Gasteiger partial charge is 0.219 e. The Hall–Kier alpha value is -1.94. The molecule has 0 saturated heterocycles. The van der Waals surface area contributed by atoms with Gasteiger partial charge in [-0.05, 0) is 43.5 Å². The van der Waals surface area contributed by atoms with E-state index < -0.39 is 0 Å². The molecule has 0 radical (unpaired) electrons. The maximum atomic E-state index is 5.72. The van der Waals surface area contributed by atoms with Crippen LogP contribution in [0.5, 0.6) is 11.6 Å². The number of aryl methyl sites for hydroxylation is 1. The summed E-state index contributed by atoms with van der Waals surface area (Å²) in [4.78, 5) is 8.42. The van der Waals surface area contributed by atoms with Gasteiger partial charge in [0.2, 0.25) is 5.88 Å². The van der Waals surface area contributed by atoms with Gasteiger partial charge in [-0.15, -0.1) is 0 Å². The molecule has 4 nitrogen and oxygen atoms in total. The highest BCUT2D eigenvalue weighted by molar-refractivity contribution is 5.29. The van der Waals surface area contributed by atoms with Gasteiger partial charge in [-0.1, -0.05) is 0 Å². The highest BCUT2D eigenvalue weighted by Gasteiger charge is 2.20. The third kappa shape index (κ3) is 3.51. The van der Waals surface area contributed by atoms with Crippen molar-refractivity contribution in [3.63, 3.8) is 0 Å². The Balaban J connectivity index is 1.72. The molecule has 1 aliphatic carbocycles. The fourth-order valence-electron chi connectivity index (χ4n) is 1.94. The Labute approximate surface area is 112 Å². The molecule has 0 aliphatic heterocycles. The Morgan fingerprint density at radius 1 is 1.37 bits per heavy atom. The summed E-state index contributed by atoms with van der Waals surface area (Å²) in [6.45, 7) is 2.86. The lowest BCUT2D eigenvalue weighted by atomic mass is 10.2. The molecule has 2 heterocycles. The molecule has 0 atom stereocenters. The lowest BCUT2D eigenvalue weighted by Gasteiger charge is -2.08. The second-order valence-electron chi connectivity index (χ2n) is 4.90. The molecule has 1 N–H and O–H groups in total. The zero-order chi connectivity index (χ0) is 13.1. The Morgan fingerprint density at radius 2 is 2.26 bits per heavy atom. The van der Waals surface area contributed by atoms with Crippen molar-refractivity contribution in [3.8, 4) is 11.6 Å². The number of hydrogen-bond donors (Lipinski definition) is 1. The standard InChI is InChI=1S/C15H17N3O/c1-11-7-12(9-17-13-4-5-13)8-15(18-11)19-14-3-2-6-16-10-14/h2-3,6-8,10,13,17H,4-5,9H2,1H3. The number of rotatable bonds is 5. The highest BCUT2D eigenvalue weighted by Crippen LogP contribution is 2.22. The van der Waals surface area contributed by atoms with E-state index >= 15 is 0 Å². The fourth-order valence-corrected chi connectivity index (χ4v) is 1.94. The molecule has 0 amide bonds. The van der Waals surface area contributed by atoms with E-state index in [9.17, 15) is 0 Å². The molecule has 0 spiro atoms. The van der Waals surface area contributed by atoms with Crippen LogP contribution in [0.2, 0.25) is 0 Å². The highest BCUT2D eigenvalue weighted by atomic mass is 16.5. The van der Waals surface area contributed by atoms with Gasteiger partial charge in [0, 0.05) is 30.5 Å². The van der Waals surface area contributed by atoms with E-state index in [1.165, 1.54) is 18.4 Å². The van der Waals surface area contributed by atoms with Crippen LogP contribution in [-0.4, -0.2) is 16.0 Å². The summed E-state index contributed by atoms with van der Waals surface area (Å²) in [5.74, 6) is 1.34. The Kier molecular flexibility index (Phi) is 3.42. The van der Waals surface area contributed by atoms with Crippen LogP contribution < -0.4 is 10.1 Å². The van der Waals surface area contributed by atoms with Crippen molar-refractivity contribution in [3.05, 3.63) is 47.9 Å². The van der Waals surface area contributed by atoms with Crippen LogP contribution in [0.15, 0.2) is 36.7 Å². The number of aromatic nitrogens is 2. The summed E-state index contributed by atoms with van der Waals surface area (Å²) in [5, 5.41) is 3.50. The average Bonchev–Trinajstić information content (AvgIpc) is 3.21. The van der Waals surface area contributed by atoms with Crippen molar-refractivity contribution >= 4 is 0 Å². The quantitative estimate of drug-likeness (QED) is 0.892. The van der Waals surface area contributed by atoms with Gasteiger partial charge < -0.3 is 10.1 Å². The van der Waals surface area contributed by atoms with E-state index in [2.05, 4.69) is 21.4 Å². The van der Waals surface area contributed by atoms with E-state index in [1.807, 2.05) is 25.1 Å². The first kappa shape index (κ1) is 12.1. The summed E-state index contributed by atoms with van der Waals surface area (Å²) in [6, 6.07) is 8.50. The number of hydrogen-bond acceptors (Lipinski definition) is 4. The molecule has 1 aliphatic rings. The summed E-state index contributed by atoms with van der Waals surface area (Å²) in [5.41, 5.74) is 2.17. The topological polar surface area (TPSA) is 47.0 Å². The molecule has 2 aromatic rings. The minimum Gasteiger partial charge on any atom is -0.437 e. The van der Waals surface area contributed by atoms with Crippen LogP contribution in [0.3, 0.4) is 0 Å². The first-order chi connectivity index (χ1) is 9.29. The molecule has 98 valence electrons. The Morgan fingerprint density at radius 3 is 3.00 bits per heavy atom. The molecule has 3 rings (SSSR count). The van der Waals surface area contributed by atoms with E-state index in [1.54, 1.807) is 12.4 Å². The molecule has 1 saturated carbocycles. The van der Waals surface area contributed by atoms with Crippen LogP contribution in [0, 0.1) is 6.92 Å². The van der Waals surface area contributed by atoms with Gasteiger partial charge in [0.1, 0.15) is 5.75 Å². The minimum atomic E-state index is 0.626. The molecule has 0 aromatic carbocycles. The van der Waals surface area contributed by atoms with Gasteiger partial charge in [-0.2, -0.15) is 0 Å². The largest absolute Gasteiger partial charge is 0.437 e. The molecule has 2 aromatic heterocycles. The van der Waals surface area contributed by atoms with Gasteiger partial charge in [0.05, 0.1) is 6.20 Å². The summed E-state index contributed by atoms with van der Waals surface area (Å²) < 4.78 is 5.72. The molecule has 0 unspecified atom stereocenters. The number of nitrogens with one attached hydrogen (secondary N) is 1. The molecule has 4 heteroatoms. The SMILES string of the molecule is Cc1cc(CNC2CC2)cc(Oc2cccnc2)n1. The minimum absolute atomic E-state index is 0.626. The zero-order valence-electron chi connectivity index (χ0n) is 11.0. The molecule has 19 heavy (non-hydrogen) atoms. The number of pyridine rings is 2. The molecule has 1 fully saturated rings. The third-order valence-electron chi connectivity index (χ3n) is 3.02. The van der Waals surface area contributed by atoms with Crippen LogP contribution >= 0.6 is 0 Å². The normalized spacial score (nSPS) is 14.4. The van der Waals surface area contributed by atoms with Crippen LogP contribution in [-0.2, 0) is 6.54 Å². The van der Waals surface area contributed by atoms with Crippen molar-refractivity contribution in [2.45, 2.75) is 32.4 Å². The molecular formula is C15H17N3O. The van der Waals surface area contributed by atoms with Gasteiger partial charge in [-0.25, -0.2) is 4.98 Å². The van der Waals surface area contributed by atoms with Gasteiger partial charge >= 0.3 is 0 Å². The molecular weight excluding hydrogens is 238 g/mol. The fraction of sp³-hybridized carbons (Fsp3) is 0.333. The van der Waals surface area contributed by atoms with E-state index in [-0.39, 0.29) is 0 Å². The lowest BCUT2D eigenvalue weighted by Crippen LogP contribution is -2.15. The predicted octanol–water partition coefficient (Wildman–Crippen LogP) is 2.83. The summed E-state index contributed by atoms with van der Waals surface area (Å²) in [7, 11) is 0. The number of nitrogens with zero attached hydrogens (tertiary/aromatic N) is 2. The van der Waals surface area contributed by atoms with Crippen molar-refractivity contribution in [2.75, 3.05) is 0 Å². The van der Waals surface area contributed by atoms with E-state index in [0.717, 1.165) is 12.2 Å². The van der Waals surface area contributed by atoms with E-state index in [0.29, 0.717) is 17.7 Å². The number of ether oxygens (including phenoxy) is 1. The first-order valence-corrected chi connectivity index (χ1v) is 6.58. The van der Waals surface area contributed by atoms with Crippen LogP contribution in [0.4, 0.5) is 0 Å². The first-order valence-electron chi connectivity index (χ1n) is 6.58. The Bertz CT molecular complexity index is 553. The van der Waals surface area contributed by atoms with Gasteiger partial charge in [-0.3, -0.25) is 4.98 Å². The van der Waals surface area contributed by atoms with Crippen molar-refractivity contribution in [1.82, 2.24) is 15.3 Å². The zero-order valence-corrected chi connectivity index (χ0v) is 11.0. The second-order valence-corrected chi connectivity index (χ2v) is 4.90.